The lowest BCUT2D eigenvalue weighted by Crippen LogP contribution is -2.34. The third-order valence-electron chi connectivity index (χ3n) is 12.0. The highest BCUT2D eigenvalue weighted by Gasteiger charge is 2.42. The van der Waals surface area contributed by atoms with Gasteiger partial charge >= 0.3 is 18.3 Å². The molecule has 6 aromatic rings. The van der Waals surface area contributed by atoms with Gasteiger partial charge in [-0.25, -0.2) is 8.78 Å². The van der Waals surface area contributed by atoms with E-state index < -0.39 is 31.0 Å². The van der Waals surface area contributed by atoms with Gasteiger partial charge in [0.25, 0.3) is 0 Å². The van der Waals surface area contributed by atoms with Crippen LogP contribution in [0.1, 0.15) is 107 Å². The number of benzene rings is 5. The predicted octanol–water partition coefficient (Wildman–Crippen LogP) is 12.4. The third-order valence-corrected chi connectivity index (χ3v) is 12.0. The van der Waals surface area contributed by atoms with E-state index in [4.69, 9.17) is 9.57 Å². The van der Waals surface area contributed by atoms with E-state index in [0.29, 0.717) is 28.2 Å². The molecule has 58 heavy (non-hydrogen) atoms. The molecule has 0 saturated heterocycles. The molecule has 0 bridgehead atoms. The number of alkyl halides is 4. The molecule has 0 radical (unpaired) electrons. The quantitative estimate of drug-likeness (QED) is 0.0600. The minimum atomic E-state index is -4.38. The average Bonchev–Trinajstić information content (AvgIpc) is 3.52. The van der Waals surface area contributed by atoms with Crippen LogP contribution in [0.2, 0.25) is 0 Å². The third kappa shape index (κ3) is 8.08. The van der Waals surface area contributed by atoms with Crippen LogP contribution in [-0.4, -0.2) is 35.3 Å². The minimum Gasteiger partial charge on any atom is -0.487 e. The normalized spacial score (nSPS) is 13.1. The van der Waals surface area contributed by atoms with Crippen molar-refractivity contribution < 1.29 is 36.7 Å². The van der Waals surface area contributed by atoms with E-state index in [-0.39, 0.29) is 11.5 Å². The zero-order valence-corrected chi connectivity index (χ0v) is 34.5. The van der Waals surface area contributed by atoms with E-state index in [1.165, 1.54) is 18.6 Å². The number of nitrogens with one attached hydrogen (secondary N) is 1. The van der Waals surface area contributed by atoms with Crippen LogP contribution in [-0.2, 0) is 16.2 Å². The lowest BCUT2D eigenvalue weighted by Gasteiger charge is -2.23. The number of carbonyl (C=O) groups excluding carboxylic acids is 2. The number of carbonyl (C=O) groups is 2. The largest absolute Gasteiger partial charge is 0.487 e. The summed E-state index contributed by atoms with van der Waals surface area (Å²) in [6.07, 6.45) is 0.306. The van der Waals surface area contributed by atoms with Crippen LogP contribution in [0.25, 0.3) is 32.6 Å². The number of ketones is 1. The van der Waals surface area contributed by atoms with Crippen molar-refractivity contribution in [2.45, 2.75) is 106 Å². The Bertz CT molecular complexity index is 2480. The summed E-state index contributed by atoms with van der Waals surface area (Å²) in [5.74, 6) is -4.79. The minimum absolute atomic E-state index is 0.0631. The zero-order valence-electron chi connectivity index (χ0n) is 34.5. The molecule has 0 amide bonds. The first-order chi connectivity index (χ1) is 27.6. The molecule has 0 saturated carbocycles. The van der Waals surface area contributed by atoms with Crippen molar-refractivity contribution >= 4 is 44.3 Å². The Morgan fingerprint density at radius 2 is 1.43 bits per heavy atom. The average molecular weight is 797 g/mol. The first kappa shape index (κ1) is 42.4. The van der Waals surface area contributed by atoms with Gasteiger partial charge in [0.1, 0.15) is 5.75 Å². The maximum Gasteiger partial charge on any atom is 0.340 e. The summed E-state index contributed by atoms with van der Waals surface area (Å²) < 4.78 is 62.1. The van der Waals surface area contributed by atoms with Crippen LogP contribution >= 0.6 is 0 Å². The summed E-state index contributed by atoms with van der Waals surface area (Å²) in [5, 5.41) is 3.48. The highest BCUT2D eigenvalue weighted by molar-refractivity contribution is 6.26. The van der Waals surface area contributed by atoms with E-state index in [0.717, 1.165) is 87.1 Å². The number of hydroxylamine groups is 1. The summed E-state index contributed by atoms with van der Waals surface area (Å²) in [6.45, 7) is 15.0. The lowest BCUT2D eigenvalue weighted by molar-refractivity contribution is -0.150. The van der Waals surface area contributed by atoms with Gasteiger partial charge in [0.15, 0.2) is 12.4 Å². The van der Waals surface area contributed by atoms with E-state index in [9.17, 15) is 27.2 Å². The fourth-order valence-corrected chi connectivity index (χ4v) is 8.23. The monoisotopic (exact) mass is 796 g/mol. The molecular weight excluding hydrogens is 745 g/mol. The molecule has 1 N–H and O–H groups in total. The Kier molecular flexibility index (Phi) is 12.7. The van der Waals surface area contributed by atoms with Gasteiger partial charge in [-0.2, -0.15) is 8.78 Å². The Hall–Kier alpha value is -5.22. The number of hydrogen-bond donors (Lipinski definition) is 1. The summed E-state index contributed by atoms with van der Waals surface area (Å²) in [5.41, 5.74) is 12.1. The molecule has 2 atom stereocenters. The maximum atomic E-state index is 15.0. The van der Waals surface area contributed by atoms with E-state index in [1.807, 2.05) is 56.3 Å². The molecule has 6 rings (SSSR count). The Labute approximate surface area is 337 Å². The second-order valence-corrected chi connectivity index (χ2v) is 15.5. The van der Waals surface area contributed by atoms with Crippen LogP contribution in [0, 0.1) is 40.5 Å². The molecule has 1 aromatic heterocycles. The van der Waals surface area contributed by atoms with Crippen molar-refractivity contribution in [2.75, 3.05) is 6.61 Å². The number of fused-ring (bicyclic) bond motifs is 5. The number of hydrogen-bond acceptors (Lipinski definition) is 5. The molecule has 6 nitrogen and oxygen atoms in total. The number of aromatic nitrogens is 1. The van der Waals surface area contributed by atoms with Crippen LogP contribution in [0.4, 0.5) is 17.6 Å². The van der Waals surface area contributed by atoms with Gasteiger partial charge in [0.05, 0.1) is 11.6 Å². The van der Waals surface area contributed by atoms with Gasteiger partial charge in [0.2, 0.25) is 0 Å². The number of unbranched alkanes of at least 4 members (excludes halogenated alkanes) is 1. The Balaban J connectivity index is 1.63. The second-order valence-electron chi connectivity index (χ2n) is 15.5. The first-order valence-electron chi connectivity index (χ1n) is 20.0. The van der Waals surface area contributed by atoms with Crippen molar-refractivity contribution in [1.29, 1.82) is 0 Å². The van der Waals surface area contributed by atoms with Gasteiger partial charge in [0, 0.05) is 51.8 Å². The second kappa shape index (κ2) is 17.3. The van der Waals surface area contributed by atoms with Gasteiger partial charge in [-0.1, -0.05) is 81.6 Å². The summed E-state index contributed by atoms with van der Waals surface area (Å²) in [6, 6.07) is 21.1. The fraction of sp³-hybridized carbons (Fsp3) is 0.375. The van der Waals surface area contributed by atoms with Crippen molar-refractivity contribution in [1.82, 2.24) is 10.0 Å². The molecule has 306 valence electrons. The van der Waals surface area contributed by atoms with E-state index in [1.54, 1.807) is 18.2 Å². The lowest BCUT2D eigenvalue weighted by atomic mass is 9.84. The zero-order chi connectivity index (χ0) is 42.1. The van der Waals surface area contributed by atoms with E-state index in [2.05, 4.69) is 50.7 Å². The molecule has 0 spiro atoms. The van der Waals surface area contributed by atoms with Crippen molar-refractivity contribution in [3.63, 3.8) is 0 Å². The van der Waals surface area contributed by atoms with Gasteiger partial charge in [-0.3, -0.25) is 9.59 Å². The van der Waals surface area contributed by atoms with Crippen molar-refractivity contribution in [3.8, 4) is 5.75 Å². The standard InChI is InChI=1S/C48H52F4N2O4/c1-9-11-16-33(10-2)25-54-41-22-21-34(44(53-58-32(8)55)37-19-14-15-20-42(37)57-26-48(51,52)47(49)50)23-38(41)39-24-40(35-17-12-13-18-36(35)45(39)54)46(56)43-30(6)28(4)27(3)29(5)31(43)7/h12-15,17-24,33,44,47,53H,9-11,16,25-26H2,1-8H3. The molecule has 2 unspecified atom stereocenters. The molecular formula is C48H52F4N2O4. The van der Waals surface area contributed by atoms with Crippen molar-refractivity contribution in [3.05, 3.63) is 123 Å². The predicted molar refractivity (Wildman–Crippen MR) is 223 cm³/mol. The van der Waals surface area contributed by atoms with Crippen LogP contribution < -0.4 is 10.2 Å². The molecule has 0 aliphatic carbocycles. The van der Waals surface area contributed by atoms with Crippen molar-refractivity contribution in [2.24, 2.45) is 5.92 Å². The highest BCUT2D eigenvalue weighted by atomic mass is 19.3. The Morgan fingerprint density at radius 3 is 2.07 bits per heavy atom. The summed E-state index contributed by atoms with van der Waals surface area (Å²) >= 11 is 0. The number of ether oxygens (including phenoxy) is 1. The van der Waals surface area contributed by atoms with Crippen LogP contribution in [0.5, 0.6) is 5.75 Å². The van der Waals surface area contributed by atoms with Gasteiger partial charge < -0.3 is 14.1 Å². The van der Waals surface area contributed by atoms with Gasteiger partial charge in [-0.05, 0) is 110 Å². The number of rotatable bonds is 16. The van der Waals surface area contributed by atoms with Crippen LogP contribution in [0.15, 0.2) is 72.8 Å². The van der Waals surface area contributed by atoms with Gasteiger partial charge in [-0.15, -0.1) is 5.48 Å². The topological polar surface area (TPSA) is 69.6 Å². The number of halogens is 4. The molecule has 5 aromatic carbocycles. The van der Waals surface area contributed by atoms with E-state index >= 15 is 0 Å². The first-order valence-corrected chi connectivity index (χ1v) is 20.0. The molecule has 0 aliphatic rings. The molecule has 0 aliphatic heterocycles. The molecule has 0 fully saturated rings. The molecule has 1 heterocycles. The smallest absolute Gasteiger partial charge is 0.340 e. The van der Waals surface area contributed by atoms with Crippen LogP contribution in [0.3, 0.4) is 0 Å². The SMILES string of the molecule is CCCCC(CC)Cn1c2ccc(C(NOC(C)=O)c3ccccc3OCC(F)(F)C(F)F)cc2c2cc(C(=O)c3c(C)c(C)c(C)c(C)c3C)c3ccccc3c21. The summed E-state index contributed by atoms with van der Waals surface area (Å²) in [4.78, 5) is 32.4. The number of nitrogens with zero attached hydrogens (tertiary/aromatic N) is 1. The Morgan fingerprint density at radius 1 is 0.793 bits per heavy atom. The fourth-order valence-electron chi connectivity index (χ4n) is 8.23. The number of para-hydroxylation sites is 1. The summed E-state index contributed by atoms with van der Waals surface area (Å²) in [7, 11) is 0. The highest BCUT2D eigenvalue weighted by Crippen LogP contribution is 2.41. The molecule has 10 heteroatoms. The maximum absolute atomic E-state index is 15.0.